The van der Waals surface area contributed by atoms with Crippen LogP contribution in [-0.2, 0) is 0 Å². The predicted octanol–water partition coefficient (Wildman–Crippen LogP) is 2.14. The van der Waals surface area contributed by atoms with Crippen LogP contribution in [0.15, 0.2) is 18.3 Å². The van der Waals surface area contributed by atoms with Gasteiger partial charge in [-0.05, 0) is 13.0 Å². The van der Waals surface area contributed by atoms with E-state index < -0.39 is 5.91 Å². The molecule has 110 valence electrons. The molecule has 0 aromatic carbocycles. The largest absolute Gasteiger partial charge is 0.481 e. The van der Waals surface area contributed by atoms with Crippen LogP contribution < -0.4 is 15.4 Å². The molecule has 0 aliphatic carbocycles. The van der Waals surface area contributed by atoms with Crippen LogP contribution in [0.1, 0.15) is 16.1 Å². The van der Waals surface area contributed by atoms with Gasteiger partial charge in [0.1, 0.15) is 5.82 Å². The van der Waals surface area contributed by atoms with Gasteiger partial charge in [-0.1, -0.05) is 11.6 Å². The number of ether oxygens (including phenoxy) is 1. The molecule has 0 fully saturated rings. The topological polar surface area (TPSA) is 89.0 Å². The lowest BCUT2D eigenvalue weighted by molar-refractivity contribution is 0.102. The van der Waals surface area contributed by atoms with Crippen molar-refractivity contribution in [2.45, 2.75) is 6.92 Å². The first-order chi connectivity index (χ1) is 10.0. The Balaban J connectivity index is 2.27. The Morgan fingerprint density at radius 2 is 2.10 bits per heavy atom. The summed E-state index contributed by atoms with van der Waals surface area (Å²) in [7, 11) is 3.19. The molecule has 0 spiro atoms. The van der Waals surface area contributed by atoms with Gasteiger partial charge in [0.25, 0.3) is 5.91 Å². The van der Waals surface area contributed by atoms with Crippen LogP contribution in [0.2, 0.25) is 5.02 Å². The molecule has 21 heavy (non-hydrogen) atoms. The fraction of sp³-hybridized carbons (Fsp3) is 0.231. The number of hydrogen-bond acceptors (Lipinski definition) is 6. The van der Waals surface area contributed by atoms with Gasteiger partial charge in [0.15, 0.2) is 0 Å². The normalized spacial score (nSPS) is 10.1. The molecule has 2 rings (SSSR count). The van der Waals surface area contributed by atoms with Crippen molar-refractivity contribution in [3.8, 4) is 5.88 Å². The molecule has 0 saturated heterocycles. The number of methoxy groups -OCH3 is 1. The van der Waals surface area contributed by atoms with E-state index in [1.807, 2.05) is 0 Å². The number of amides is 1. The molecule has 0 unspecified atom stereocenters. The number of anilines is 2. The van der Waals surface area contributed by atoms with Crippen LogP contribution >= 0.6 is 11.6 Å². The molecule has 0 atom stereocenters. The molecule has 2 N–H and O–H groups in total. The highest BCUT2D eigenvalue weighted by Gasteiger charge is 2.14. The Labute approximate surface area is 126 Å². The zero-order valence-corrected chi connectivity index (χ0v) is 12.5. The minimum atomic E-state index is -0.424. The van der Waals surface area contributed by atoms with Crippen molar-refractivity contribution >= 4 is 29.3 Å². The lowest BCUT2D eigenvalue weighted by Crippen LogP contribution is -2.16. The number of rotatable bonds is 4. The summed E-state index contributed by atoms with van der Waals surface area (Å²) >= 11 is 5.99. The Morgan fingerprint density at radius 1 is 1.33 bits per heavy atom. The minimum Gasteiger partial charge on any atom is -0.481 e. The minimum absolute atomic E-state index is 0.149. The van der Waals surface area contributed by atoms with E-state index in [9.17, 15) is 4.79 Å². The first-order valence-corrected chi connectivity index (χ1v) is 6.45. The summed E-state index contributed by atoms with van der Waals surface area (Å²) in [6, 6.07) is 3.21. The average Bonchev–Trinajstić information content (AvgIpc) is 2.46. The lowest BCUT2D eigenvalue weighted by atomic mass is 10.2. The van der Waals surface area contributed by atoms with Crippen molar-refractivity contribution in [2.24, 2.45) is 0 Å². The molecule has 2 heterocycles. The molecule has 0 saturated carbocycles. The zero-order chi connectivity index (χ0) is 15.4. The zero-order valence-electron chi connectivity index (χ0n) is 11.8. The third kappa shape index (κ3) is 3.57. The first-order valence-electron chi connectivity index (χ1n) is 6.08. The number of carbonyl (C=O) groups is 1. The Morgan fingerprint density at radius 3 is 2.76 bits per heavy atom. The standard InChI is InChI=1S/C13H14ClN5O2/c1-7-4-11(21-3)18-13(17-7)19-12(20)8-5-10(15-2)16-6-9(8)14/h4-6H,1-3H3,(H,15,16)(H,17,18,19,20). The number of hydrogen-bond donors (Lipinski definition) is 2. The number of pyridine rings is 1. The smallest absolute Gasteiger partial charge is 0.259 e. The van der Waals surface area contributed by atoms with E-state index in [1.165, 1.54) is 13.3 Å². The van der Waals surface area contributed by atoms with E-state index in [2.05, 4.69) is 25.6 Å². The highest BCUT2D eigenvalue weighted by atomic mass is 35.5. The molecule has 2 aromatic heterocycles. The van der Waals surface area contributed by atoms with Gasteiger partial charge in [-0.25, -0.2) is 9.97 Å². The maximum atomic E-state index is 12.2. The summed E-state index contributed by atoms with van der Waals surface area (Å²) in [4.78, 5) is 24.4. The van der Waals surface area contributed by atoms with Crippen molar-refractivity contribution in [2.75, 3.05) is 24.8 Å². The van der Waals surface area contributed by atoms with Gasteiger partial charge in [0.05, 0.1) is 17.7 Å². The Hall–Kier alpha value is -2.41. The predicted molar refractivity (Wildman–Crippen MR) is 80.1 cm³/mol. The summed E-state index contributed by atoms with van der Waals surface area (Å²) in [6.07, 6.45) is 1.40. The van der Waals surface area contributed by atoms with E-state index >= 15 is 0 Å². The summed E-state index contributed by atoms with van der Waals surface area (Å²) in [6.45, 7) is 1.78. The van der Waals surface area contributed by atoms with Gasteiger partial charge in [-0.15, -0.1) is 0 Å². The number of nitrogens with one attached hydrogen (secondary N) is 2. The monoisotopic (exact) mass is 307 g/mol. The van der Waals surface area contributed by atoms with Gasteiger partial charge in [0, 0.05) is 25.0 Å². The third-order valence-electron chi connectivity index (χ3n) is 2.62. The van der Waals surface area contributed by atoms with Gasteiger partial charge in [0.2, 0.25) is 11.8 Å². The van der Waals surface area contributed by atoms with E-state index in [0.717, 1.165) is 0 Å². The van der Waals surface area contributed by atoms with Gasteiger partial charge >= 0.3 is 0 Å². The molecule has 0 radical (unpaired) electrons. The molecule has 2 aromatic rings. The van der Waals surface area contributed by atoms with Crippen LogP contribution in [0.3, 0.4) is 0 Å². The van der Waals surface area contributed by atoms with Crippen LogP contribution in [0.25, 0.3) is 0 Å². The number of nitrogens with zero attached hydrogens (tertiary/aromatic N) is 3. The maximum Gasteiger partial charge on any atom is 0.259 e. The van der Waals surface area contributed by atoms with E-state index in [-0.39, 0.29) is 16.5 Å². The van der Waals surface area contributed by atoms with Crippen molar-refractivity contribution in [1.29, 1.82) is 0 Å². The number of aryl methyl sites for hydroxylation is 1. The second-order valence-corrected chi connectivity index (χ2v) is 4.54. The highest BCUT2D eigenvalue weighted by Crippen LogP contribution is 2.19. The highest BCUT2D eigenvalue weighted by molar-refractivity contribution is 6.34. The molecule has 1 amide bonds. The summed E-state index contributed by atoms with van der Waals surface area (Å²) in [5, 5.41) is 5.67. The average molecular weight is 308 g/mol. The second-order valence-electron chi connectivity index (χ2n) is 4.13. The van der Waals surface area contributed by atoms with Gasteiger partial charge in [-0.2, -0.15) is 4.98 Å². The van der Waals surface area contributed by atoms with Gasteiger partial charge in [-0.3, -0.25) is 10.1 Å². The molecule has 0 bridgehead atoms. The quantitative estimate of drug-likeness (QED) is 0.899. The van der Waals surface area contributed by atoms with Crippen molar-refractivity contribution < 1.29 is 9.53 Å². The van der Waals surface area contributed by atoms with E-state index in [4.69, 9.17) is 16.3 Å². The molecule has 0 aliphatic heterocycles. The fourth-order valence-corrected chi connectivity index (χ4v) is 1.81. The fourth-order valence-electron chi connectivity index (χ4n) is 1.62. The van der Waals surface area contributed by atoms with Crippen LogP contribution in [0.5, 0.6) is 5.88 Å². The number of aromatic nitrogens is 3. The maximum absolute atomic E-state index is 12.2. The Kier molecular flexibility index (Phi) is 4.54. The van der Waals surface area contributed by atoms with Gasteiger partial charge < -0.3 is 10.1 Å². The van der Waals surface area contributed by atoms with Crippen LogP contribution in [0, 0.1) is 6.92 Å². The number of halogens is 1. The van der Waals surface area contributed by atoms with E-state index in [1.54, 1.807) is 26.1 Å². The van der Waals surface area contributed by atoms with Crippen molar-refractivity contribution in [1.82, 2.24) is 15.0 Å². The third-order valence-corrected chi connectivity index (χ3v) is 2.92. The van der Waals surface area contributed by atoms with Crippen molar-refractivity contribution in [3.63, 3.8) is 0 Å². The van der Waals surface area contributed by atoms with Crippen molar-refractivity contribution in [3.05, 3.63) is 34.6 Å². The molecule has 7 nitrogen and oxygen atoms in total. The second kappa shape index (κ2) is 6.36. The number of carbonyl (C=O) groups excluding carboxylic acids is 1. The molecular weight excluding hydrogens is 294 g/mol. The lowest BCUT2D eigenvalue weighted by Gasteiger charge is -2.08. The van der Waals surface area contributed by atoms with E-state index in [0.29, 0.717) is 17.4 Å². The summed E-state index contributed by atoms with van der Waals surface area (Å²) in [5.41, 5.74) is 0.953. The summed E-state index contributed by atoms with van der Waals surface area (Å²) < 4.78 is 5.03. The van der Waals surface area contributed by atoms with Crippen LogP contribution in [0.4, 0.5) is 11.8 Å². The SMILES string of the molecule is CNc1cc(C(=O)Nc2nc(C)cc(OC)n2)c(Cl)cn1. The molecular formula is C13H14ClN5O2. The molecule has 8 heteroatoms. The first kappa shape index (κ1) is 15.0. The Bertz CT molecular complexity index is 678. The molecule has 0 aliphatic rings. The van der Waals surface area contributed by atoms with Crippen LogP contribution in [-0.4, -0.2) is 35.0 Å². The summed E-state index contributed by atoms with van der Waals surface area (Å²) in [5.74, 6) is 0.629.